The average molecular weight is 312 g/mol. The Morgan fingerprint density at radius 3 is 2.33 bits per heavy atom. The summed E-state index contributed by atoms with van der Waals surface area (Å²) in [5.74, 6) is -0.932. The molecule has 0 bridgehead atoms. The Morgan fingerprint density at radius 1 is 0.917 bits per heavy atom. The van der Waals surface area contributed by atoms with E-state index in [-0.39, 0.29) is 0 Å². The Kier molecular flexibility index (Phi) is 4.40. The second-order valence-corrected chi connectivity index (χ2v) is 5.53. The zero-order valence-electron chi connectivity index (χ0n) is 13.0. The van der Waals surface area contributed by atoms with Gasteiger partial charge in [0.2, 0.25) is 5.91 Å². The van der Waals surface area contributed by atoms with Crippen LogP contribution in [0.5, 0.6) is 0 Å². The summed E-state index contributed by atoms with van der Waals surface area (Å²) in [5.41, 5.74) is 9.79. The molecule has 0 aliphatic heterocycles. The normalized spacial score (nSPS) is 11.5. The third kappa shape index (κ3) is 3.04. The van der Waals surface area contributed by atoms with Crippen molar-refractivity contribution < 1.29 is 4.79 Å². The van der Waals surface area contributed by atoms with E-state index in [1.807, 2.05) is 72.8 Å². The molecular weight excluding hydrogens is 296 g/mol. The van der Waals surface area contributed by atoms with Crippen LogP contribution in [0.3, 0.4) is 0 Å². The van der Waals surface area contributed by atoms with Crippen LogP contribution in [-0.2, 0) is 4.79 Å². The first-order chi connectivity index (χ1) is 11.7. The fourth-order valence-electron chi connectivity index (χ4n) is 2.91. The fraction of sp³-hybridized carbons (Fsp3) is 0.0476. The fourth-order valence-corrected chi connectivity index (χ4v) is 2.91. The van der Waals surface area contributed by atoms with Gasteiger partial charge in [0.05, 0.1) is 17.6 Å². The summed E-state index contributed by atoms with van der Waals surface area (Å²) in [6.07, 6.45) is 0. The molecule has 0 aliphatic carbocycles. The standard InChI is InChI=1S/C21H16N2O/c22-14-15-7-6-10-17(13-15)18-11-4-5-12-19(18)20(21(23)24)16-8-2-1-3-9-16/h1-13,20H,(H2,23,24). The van der Waals surface area contributed by atoms with E-state index in [0.29, 0.717) is 5.56 Å². The third-order valence-corrected chi connectivity index (χ3v) is 3.99. The summed E-state index contributed by atoms with van der Waals surface area (Å²) >= 11 is 0. The van der Waals surface area contributed by atoms with E-state index in [0.717, 1.165) is 22.3 Å². The molecule has 0 saturated carbocycles. The lowest BCUT2D eigenvalue weighted by Crippen LogP contribution is -2.23. The smallest absolute Gasteiger partial charge is 0.229 e. The van der Waals surface area contributed by atoms with Gasteiger partial charge >= 0.3 is 0 Å². The quantitative estimate of drug-likeness (QED) is 0.795. The second-order valence-electron chi connectivity index (χ2n) is 5.53. The van der Waals surface area contributed by atoms with Gasteiger partial charge in [0, 0.05) is 0 Å². The number of nitriles is 1. The van der Waals surface area contributed by atoms with E-state index >= 15 is 0 Å². The monoisotopic (exact) mass is 312 g/mol. The van der Waals surface area contributed by atoms with Gasteiger partial charge in [-0.2, -0.15) is 5.26 Å². The number of primary amides is 1. The van der Waals surface area contributed by atoms with Gasteiger partial charge in [-0.25, -0.2) is 0 Å². The number of carbonyl (C=O) groups is 1. The molecule has 3 nitrogen and oxygen atoms in total. The van der Waals surface area contributed by atoms with Gasteiger partial charge in [0.25, 0.3) is 0 Å². The molecule has 0 radical (unpaired) electrons. The average Bonchev–Trinajstić information content (AvgIpc) is 2.63. The van der Waals surface area contributed by atoms with E-state index in [2.05, 4.69) is 6.07 Å². The first-order valence-electron chi connectivity index (χ1n) is 7.64. The van der Waals surface area contributed by atoms with E-state index in [1.165, 1.54) is 0 Å². The molecule has 2 N–H and O–H groups in total. The molecule has 3 heteroatoms. The van der Waals surface area contributed by atoms with Gasteiger partial charge in [-0.1, -0.05) is 66.7 Å². The lowest BCUT2D eigenvalue weighted by Gasteiger charge is -2.18. The summed E-state index contributed by atoms with van der Waals surface area (Å²) < 4.78 is 0. The summed E-state index contributed by atoms with van der Waals surface area (Å²) in [5, 5.41) is 9.13. The van der Waals surface area contributed by atoms with E-state index < -0.39 is 11.8 Å². The van der Waals surface area contributed by atoms with E-state index in [9.17, 15) is 4.79 Å². The summed E-state index contributed by atoms with van der Waals surface area (Å²) in [7, 11) is 0. The number of hydrogen-bond acceptors (Lipinski definition) is 2. The van der Waals surface area contributed by atoms with Gasteiger partial charge in [-0.3, -0.25) is 4.79 Å². The molecule has 0 aliphatic rings. The Morgan fingerprint density at radius 2 is 1.62 bits per heavy atom. The van der Waals surface area contributed by atoms with Gasteiger partial charge in [0.1, 0.15) is 0 Å². The molecule has 24 heavy (non-hydrogen) atoms. The highest BCUT2D eigenvalue weighted by molar-refractivity contribution is 5.88. The zero-order valence-corrected chi connectivity index (χ0v) is 13.0. The predicted molar refractivity (Wildman–Crippen MR) is 94.1 cm³/mol. The Hall–Kier alpha value is -3.38. The number of amides is 1. The minimum absolute atomic E-state index is 0.398. The Balaban J connectivity index is 2.18. The van der Waals surface area contributed by atoms with Gasteiger partial charge in [-0.15, -0.1) is 0 Å². The van der Waals surface area contributed by atoms with Crippen molar-refractivity contribution in [1.29, 1.82) is 5.26 Å². The van der Waals surface area contributed by atoms with Crippen molar-refractivity contribution in [3.05, 3.63) is 95.6 Å². The van der Waals surface area contributed by atoms with Crippen LogP contribution in [0.25, 0.3) is 11.1 Å². The van der Waals surface area contributed by atoms with Crippen LogP contribution in [0.4, 0.5) is 0 Å². The van der Waals surface area contributed by atoms with Gasteiger partial charge in [-0.05, 0) is 34.4 Å². The number of hydrogen-bond donors (Lipinski definition) is 1. The Labute approximate surface area is 141 Å². The van der Waals surface area contributed by atoms with Crippen molar-refractivity contribution in [2.75, 3.05) is 0 Å². The first kappa shape index (κ1) is 15.5. The number of carbonyl (C=O) groups excluding carboxylic acids is 1. The van der Waals surface area contributed by atoms with Crippen molar-refractivity contribution in [1.82, 2.24) is 0 Å². The molecule has 116 valence electrons. The highest BCUT2D eigenvalue weighted by Gasteiger charge is 2.23. The van der Waals surface area contributed by atoms with Crippen molar-refractivity contribution in [3.63, 3.8) is 0 Å². The largest absolute Gasteiger partial charge is 0.369 e. The SMILES string of the molecule is N#Cc1cccc(-c2ccccc2C(C(N)=O)c2ccccc2)c1. The topological polar surface area (TPSA) is 66.9 Å². The number of nitrogens with zero attached hydrogens (tertiary/aromatic N) is 1. The molecule has 1 unspecified atom stereocenters. The maximum atomic E-state index is 12.2. The molecule has 0 aromatic heterocycles. The molecular formula is C21H16N2O. The summed E-state index contributed by atoms with van der Waals surface area (Å²) in [6.45, 7) is 0. The molecule has 3 aromatic rings. The third-order valence-electron chi connectivity index (χ3n) is 3.99. The highest BCUT2D eigenvalue weighted by Crippen LogP contribution is 2.33. The van der Waals surface area contributed by atoms with Crippen molar-refractivity contribution in [2.24, 2.45) is 5.73 Å². The predicted octanol–water partition coefficient (Wildman–Crippen LogP) is 3.84. The van der Waals surface area contributed by atoms with Crippen LogP contribution >= 0.6 is 0 Å². The number of nitrogens with two attached hydrogens (primary N) is 1. The van der Waals surface area contributed by atoms with Crippen molar-refractivity contribution in [2.45, 2.75) is 5.92 Å². The summed E-state index contributed by atoms with van der Waals surface area (Å²) in [4.78, 5) is 12.2. The molecule has 1 atom stereocenters. The van der Waals surface area contributed by atoms with Crippen LogP contribution in [0, 0.1) is 11.3 Å². The van der Waals surface area contributed by atoms with Crippen LogP contribution < -0.4 is 5.73 Å². The van der Waals surface area contributed by atoms with E-state index in [1.54, 1.807) is 6.07 Å². The minimum atomic E-state index is -0.534. The second kappa shape index (κ2) is 6.80. The van der Waals surface area contributed by atoms with Crippen LogP contribution in [0.1, 0.15) is 22.6 Å². The van der Waals surface area contributed by atoms with Crippen molar-refractivity contribution in [3.8, 4) is 17.2 Å². The minimum Gasteiger partial charge on any atom is -0.369 e. The van der Waals surface area contributed by atoms with Gasteiger partial charge in [0.15, 0.2) is 0 Å². The number of benzene rings is 3. The zero-order chi connectivity index (χ0) is 16.9. The lowest BCUT2D eigenvalue weighted by atomic mass is 9.85. The lowest BCUT2D eigenvalue weighted by molar-refractivity contribution is -0.118. The maximum absolute atomic E-state index is 12.2. The van der Waals surface area contributed by atoms with Crippen LogP contribution in [0.15, 0.2) is 78.9 Å². The molecule has 3 aromatic carbocycles. The molecule has 0 heterocycles. The molecule has 0 spiro atoms. The van der Waals surface area contributed by atoms with Crippen LogP contribution in [0.2, 0.25) is 0 Å². The highest BCUT2D eigenvalue weighted by atomic mass is 16.1. The summed E-state index contributed by atoms with van der Waals surface area (Å²) in [6, 6.07) is 26.7. The Bertz CT molecular complexity index is 910. The van der Waals surface area contributed by atoms with E-state index in [4.69, 9.17) is 11.0 Å². The van der Waals surface area contributed by atoms with Crippen LogP contribution in [-0.4, -0.2) is 5.91 Å². The molecule has 1 amide bonds. The van der Waals surface area contributed by atoms with Crippen molar-refractivity contribution >= 4 is 5.91 Å². The molecule has 3 rings (SSSR count). The molecule has 0 fully saturated rings. The van der Waals surface area contributed by atoms with Gasteiger partial charge < -0.3 is 5.73 Å². The first-order valence-corrected chi connectivity index (χ1v) is 7.64. The number of rotatable bonds is 4. The maximum Gasteiger partial charge on any atom is 0.229 e. The molecule has 0 saturated heterocycles.